The van der Waals surface area contributed by atoms with Gasteiger partial charge in [0.2, 0.25) is 0 Å². The molecule has 26 heavy (non-hydrogen) atoms. The van der Waals surface area contributed by atoms with Crippen LogP contribution in [0.25, 0.3) is 0 Å². The van der Waals surface area contributed by atoms with Gasteiger partial charge in [0.05, 0.1) is 10.7 Å². The topological polar surface area (TPSA) is 36.4 Å². The van der Waals surface area contributed by atoms with E-state index in [1.165, 1.54) is 36.3 Å². The number of carbonyl (C=O) groups excluding carboxylic acids is 1. The van der Waals surface area contributed by atoms with Crippen molar-refractivity contribution >= 4 is 22.9 Å². The predicted molar refractivity (Wildman–Crippen MR) is 109 cm³/mol. The number of benzene rings is 1. The highest BCUT2D eigenvalue weighted by Crippen LogP contribution is 2.26. The summed E-state index contributed by atoms with van der Waals surface area (Å²) >= 11 is 1.53. The summed E-state index contributed by atoms with van der Waals surface area (Å²) in [6, 6.07) is 8.67. The first-order chi connectivity index (χ1) is 12.5. The lowest BCUT2D eigenvalue weighted by atomic mass is 10.1. The van der Waals surface area contributed by atoms with Gasteiger partial charge in [-0.2, -0.15) is 0 Å². The van der Waals surface area contributed by atoms with Crippen LogP contribution in [0.2, 0.25) is 0 Å². The number of hydrogen-bond donors (Lipinski definition) is 0. The largest absolute Gasteiger partial charge is 0.372 e. The first kappa shape index (κ1) is 18.9. The Hall–Kier alpha value is -1.88. The quantitative estimate of drug-likeness (QED) is 0.755. The maximum atomic E-state index is 12.8. The van der Waals surface area contributed by atoms with Crippen LogP contribution in [0, 0.1) is 6.92 Å². The van der Waals surface area contributed by atoms with E-state index in [0.717, 1.165) is 34.2 Å². The van der Waals surface area contributed by atoms with Crippen LogP contribution < -0.4 is 4.90 Å². The third kappa shape index (κ3) is 4.26. The summed E-state index contributed by atoms with van der Waals surface area (Å²) in [5, 5.41) is 1.03. The first-order valence-electron chi connectivity index (χ1n) is 9.52. The number of hydrogen-bond acceptors (Lipinski definition) is 4. The van der Waals surface area contributed by atoms with Crippen LogP contribution in [0.4, 0.5) is 5.69 Å². The lowest BCUT2D eigenvalue weighted by Gasteiger charge is -2.29. The molecule has 1 fully saturated rings. The molecule has 1 aromatic heterocycles. The van der Waals surface area contributed by atoms with Gasteiger partial charge < -0.3 is 9.80 Å². The van der Waals surface area contributed by atoms with Crippen molar-refractivity contribution in [3.05, 3.63) is 45.4 Å². The molecule has 1 aromatic carbocycles. The van der Waals surface area contributed by atoms with Gasteiger partial charge in [0.1, 0.15) is 4.88 Å². The summed E-state index contributed by atoms with van der Waals surface area (Å²) < 4.78 is 0. The minimum atomic E-state index is 0.0620. The molecule has 3 rings (SSSR count). The van der Waals surface area contributed by atoms with E-state index in [1.807, 2.05) is 14.0 Å². The van der Waals surface area contributed by atoms with Crippen LogP contribution in [0.1, 0.15) is 65.0 Å². The van der Waals surface area contributed by atoms with E-state index < -0.39 is 0 Å². The Morgan fingerprint density at radius 2 is 1.85 bits per heavy atom. The highest BCUT2D eigenvalue weighted by molar-refractivity contribution is 7.13. The molecule has 2 heterocycles. The lowest BCUT2D eigenvalue weighted by molar-refractivity contribution is 0.0789. The van der Waals surface area contributed by atoms with Gasteiger partial charge in [-0.15, -0.1) is 11.3 Å². The number of anilines is 1. The second-order valence-corrected chi connectivity index (χ2v) is 8.53. The van der Waals surface area contributed by atoms with E-state index in [-0.39, 0.29) is 5.91 Å². The summed E-state index contributed by atoms with van der Waals surface area (Å²) in [6.45, 7) is 9.08. The van der Waals surface area contributed by atoms with Crippen molar-refractivity contribution < 1.29 is 4.79 Å². The molecule has 5 heteroatoms. The molecule has 0 atom stereocenters. The summed E-state index contributed by atoms with van der Waals surface area (Å²) in [7, 11) is 1.87. The molecule has 140 valence electrons. The van der Waals surface area contributed by atoms with Crippen molar-refractivity contribution in [2.75, 3.05) is 25.0 Å². The molecule has 1 aliphatic rings. The van der Waals surface area contributed by atoms with Crippen molar-refractivity contribution in [3.63, 3.8) is 0 Å². The molecule has 1 aliphatic heterocycles. The fourth-order valence-corrected chi connectivity index (χ4v) is 4.41. The Morgan fingerprint density at radius 1 is 1.19 bits per heavy atom. The second kappa shape index (κ2) is 8.21. The molecule has 2 aromatic rings. The Bertz CT molecular complexity index is 745. The number of aryl methyl sites for hydroxylation is 1. The zero-order valence-corrected chi connectivity index (χ0v) is 17.1. The average molecular weight is 372 g/mol. The Labute approximate surface area is 160 Å². The maximum absolute atomic E-state index is 12.8. The van der Waals surface area contributed by atoms with Gasteiger partial charge >= 0.3 is 0 Å². The van der Waals surface area contributed by atoms with E-state index in [0.29, 0.717) is 12.5 Å². The number of rotatable bonds is 5. The van der Waals surface area contributed by atoms with Crippen LogP contribution in [-0.2, 0) is 6.54 Å². The van der Waals surface area contributed by atoms with Crippen molar-refractivity contribution in [2.24, 2.45) is 0 Å². The Kier molecular flexibility index (Phi) is 5.97. The molecule has 0 radical (unpaired) electrons. The van der Waals surface area contributed by atoms with Crippen LogP contribution in [-0.4, -0.2) is 35.9 Å². The average Bonchev–Trinajstić information content (AvgIpc) is 3.04. The highest BCUT2D eigenvalue weighted by atomic mass is 32.1. The zero-order valence-electron chi connectivity index (χ0n) is 16.3. The van der Waals surface area contributed by atoms with E-state index in [2.05, 4.69) is 48.0 Å². The molecule has 1 saturated heterocycles. The van der Waals surface area contributed by atoms with Crippen LogP contribution in [0.15, 0.2) is 24.3 Å². The fraction of sp³-hybridized carbons (Fsp3) is 0.524. The number of aromatic nitrogens is 1. The molecular weight excluding hydrogens is 342 g/mol. The van der Waals surface area contributed by atoms with Gasteiger partial charge in [-0.05, 0) is 43.9 Å². The third-order valence-corrected chi connectivity index (χ3v) is 6.37. The molecule has 0 unspecified atom stereocenters. The van der Waals surface area contributed by atoms with Crippen molar-refractivity contribution in [1.29, 1.82) is 0 Å². The van der Waals surface area contributed by atoms with Gasteiger partial charge in [-0.3, -0.25) is 4.79 Å². The minimum absolute atomic E-state index is 0.0620. The number of carbonyl (C=O) groups is 1. The van der Waals surface area contributed by atoms with Crippen LogP contribution in [0.3, 0.4) is 0 Å². The minimum Gasteiger partial charge on any atom is -0.372 e. The monoisotopic (exact) mass is 371 g/mol. The molecule has 0 aliphatic carbocycles. The van der Waals surface area contributed by atoms with Gasteiger partial charge in [-0.25, -0.2) is 4.98 Å². The van der Waals surface area contributed by atoms with Gasteiger partial charge in [0, 0.05) is 38.3 Å². The van der Waals surface area contributed by atoms with E-state index in [1.54, 1.807) is 4.90 Å². The summed E-state index contributed by atoms with van der Waals surface area (Å²) in [5.41, 5.74) is 3.30. The molecule has 1 amide bonds. The van der Waals surface area contributed by atoms with Gasteiger partial charge in [-0.1, -0.05) is 26.0 Å². The Balaban J connectivity index is 1.65. The number of piperidine rings is 1. The molecule has 4 nitrogen and oxygen atoms in total. The van der Waals surface area contributed by atoms with E-state index in [9.17, 15) is 4.79 Å². The predicted octanol–water partition coefficient (Wildman–Crippen LogP) is 4.84. The van der Waals surface area contributed by atoms with E-state index in [4.69, 9.17) is 0 Å². The summed E-state index contributed by atoms with van der Waals surface area (Å²) in [4.78, 5) is 22.4. The van der Waals surface area contributed by atoms with Gasteiger partial charge in [0.15, 0.2) is 0 Å². The smallest absolute Gasteiger partial charge is 0.265 e. The summed E-state index contributed by atoms with van der Waals surface area (Å²) in [6.07, 6.45) is 3.91. The molecule has 0 bridgehead atoms. The van der Waals surface area contributed by atoms with Crippen molar-refractivity contribution in [1.82, 2.24) is 9.88 Å². The highest BCUT2D eigenvalue weighted by Gasteiger charge is 2.20. The molecule has 0 N–H and O–H groups in total. The van der Waals surface area contributed by atoms with Crippen LogP contribution >= 0.6 is 11.3 Å². The normalized spacial score (nSPS) is 14.7. The number of amides is 1. The van der Waals surface area contributed by atoms with Crippen molar-refractivity contribution in [2.45, 2.75) is 52.5 Å². The molecule has 0 spiro atoms. The van der Waals surface area contributed by atoms with Gasteiger partial charge in [0.25, 0.3) is 5.91 Å². The lowest BCUT2D eigenvalue weighted by Crippen LogP contribution is -2.29. The SMILES string of the molecule is Cc1nc(C(C)C)sc1C(=O)N(C)Cc1ccc(N2CCCCC2)cc1. The van der Waals surface area contributed by atoms with Crippen LogP contribution in [0.5, 0.6) is 0 Å². The first-order valence-corrected chi connectivity index (χ1v) is 10.3. The maximum Gasteiger partial charge on any atom is 0.265 e. The number of thiazole rings is 1. The molecule has 0 saturated carbocycles. The Morgan fingerprint density at radius 3 is 2.42 bits per heavy atom. The third-order valence-electron chi connectivity index (χ3n) is 4.93. The number of nitrogens with zero attached hydrogens (tertiary/aromatic N) is 3. The molecular formula is C21H29N3OS. The van der Waals surface area contributed by atoms with Crippen molar-refractivity contribution in [3.8, 4) is 0 Å². The summed E-state index contributed by atoms with van der Waals surface area (Å²) in [5.74, 6) is 0.417. The fourth-order valence-electron chi connectivity index (χ4n) is 3.35. The zero-order chi connectivity index (χ0) is 18.7. The van der Waals surface area contributed by atoms with E-state index >= 15 is 0 Å². The second-order valence-electron chi connectivity index (χ2n) is 7.50. The standard InChI is InChI=1S/C21H29N3OS/c1-15(2)20-22-16(3)19(26-20)21(25)23(4)14-17-8-10-18(11-9-17)24-12-6-5-7-13-24/h8-11,15H,5-7,12-14H2,1-4H3.